The van der Waals surface area contributed by atoms with Gasteiger partial charge in [0.1, 0.15) is 5.54 Å². The molecule has 0 aromatic carbocycles. The lowest BCUT2D eigenvalue weighted by Gasteiger charge is -2.16. The largest absolute Gasteiger partial charge is 0.464 e. The summed E-state index contributed by atoms with van der Waals surface area (Å²) in [4.78, 5) is 11.0. The molecule has 0 aromatic heterocycles. The van der Waals surface area contributed by atoms with Crippen LogP contribution in [-0.2, 0) is 9.53 Å². The van der Waals surface area contributed by atoms with Crippen molar-refractivity contribution in [3.05, 3.63) is 0 Å². The Morgan fingerprint density at radius 3 is 2.27 bits per heavy atom. The lowest BCUT2D eigenvalue weighted by Crippen LogP contribution is -2.35. The van der Waals surface area contributed by atoms with Gasteiger partial charge in [-0.15, -0.1) is 0 Å². The van der Waals surface area contributed by atoms with Gasteiger partial charge in [-0.1, -0.05) is 13.8 Å². The third-order valence-electron chi connectivity index (χ3n) is 1.06. The number of rotatable bonds is 3. The van der Waals surface area contributed by atoms with Gasteiger partial charge in [0, 0.05) is 0 Å². The van der Waals surface area contributed by atoms with Crippen LogP contribution in [0.25, 0.3) is 0 Å². The first kappa shape index (κ1) is 10.4. The van der Waals surface area contributed by atoms with E-state index in [2.05, 4.69) is 0 Å². The van der Waals surface area contributed by atoms with Crippen LogP contribution in [0.4, 0.5) is 0 Å². The van der Waals surface area contributed by atoms with Crippen molar-refractivity contribution in [2.75, 3.05) is 6.61 Å². The molecule has 0 unspecified atom stereocenters. The molecule has 0 aromatic rings. The molecule has 0 saturated heterocycles. The van der Waals surface area contributed by atoms with Crippen LogP contribution in [0.5, 0.6) is 0 Å². The fourth-order valence-electron chi connectivity index (χ4n) is 0.423. The van der Waals surface area contributed by atoms with E-state index in [-0.39, 0.29) is 0 Å². The van der Waals surface area contributed by atoms with E-state index in [1.54, 1.807) is 0 Å². The topological polar surface area (TPSA) is 50.1 Å². The first-order chi connectivity index (χ1) is 4.84. The summed E-state index contributed by atoms with van der Waals surface area (Å²) in [6.07, 6.45) is 0. The van der Waals surface area contributed by atoms with Crippen molar-refractivity contribution < 1.29 is 9.53 Å². The second kappa shape index (κ2) is 3.72. The maximum atomic E-state index is 11.0. The molecule has 0 atom stereocenters. The molecule has 3 heteroatoms. The van der Waals surface area contributed by atoms with Gasteiger partial charge in [-0.2, -0.15) is 0 Å². The zero-order chi connectivity index (χ0) is 9.07. The number of esters is 1. The summed E-state index contributed by atoms with van der Waals surface area (Å²) >= 11 is 0. The Kier molecular flexibility index (Phi) is 3.52. The van der Waals surface area contributed by atoms with Gasteiger partial charge in [-0.25, -0.2) is 5.73 Å². The van der Waals surface area contributed by atoms with Gasteiger partial charge < -0.3 is 4.74 Å². The molecular weight excluding hydrogens is 142 g/mol. The summed E-state index contributed by atoms with van der Waals surface area (Å²) in [5.41, 5.74) is 6.19. The van der Waals surface area contributed by atoms with Crippen molar-refractivity contribution >= 4 is 5.97 Å². The number of carbonyl (C=O) groups excluding carboxylic acids is 1. The third-order valence-corrected chi connectivity index (χ3v) is 1.06. The van der Waals surface area contributed by atoms with Crippen LogP contribution in [0.3, 0.4) is 0 Å². The summed E-state index contributed by atoms with van der Waals surface area (Å²) in [5, 5.41) is 0. The summed E-state index contributed by atoms with van der Waals surface area (Å²) in [5.74, 6) is -0.118. The maximum absolute atomic E-state index is 11.0. The molecule has 0 rings (SSSR count). The van der Waals surface area contributed by atoms with Crippen LogP contribution in [0, 0.1) is 5.92 Å². The van der Waals surface area contributed by atoms with E-state index in [0.29, 0.717) is 12.5 Å². The Hall–Kier alpha value is -0.570. The molecule has 1 radical (unpaired) electrons. The van der Waals surface area contributed by atoms with Gasteiger partial charge in [0.05, 0.1) is 6.61 Å². The van der Waals surface area contributed by atoms with Crippen molar-refractivity contribution in [1.82, 2.24) is 5.73 Å². The SMILES string of the molecule is CC(C)COC(=O)C(C)(C)[NH]. The molecule has 0 aliphatic heterocycles. The smallest absolute Gasteiger partial charge is 0.327 e. The van der Waals surface area contributed by atoms with Gasteiger partial charge in [0.15, 0.2) is 0 Å². The molecule has 0 fully saturated rings. The first-order valence-electron chi connectivity index (χ1n) is 3.76. The molecule has 0 saturated carbocycles. The standard InChI is InChI=1S/C8H16NO2/c1-6(2)5-11-7(10)8(3,4)9/h6,9H,5H2,1-4H3. The lowest BCUT2D eigenvalue weighted by molar-refractivity contribution is -0.150. The molecule has 0 heterocycles. The Morgan fingerprint density at radius 1 is 1.55 bits per heavy atom. The van der Waals surface area contributed by atoms with Crippen molar-refractivity contribution in [3.8, 4) is 0 Å². The van der Waals surface area contributed by atoms with Crippen LogP contribution >= 0.6 is 0 Å². The van der Waals surface area contributed by atoms with Gasteiger partial charge in [-0.05, 0) is 19.8 Å². The van der Waals surface area contributed by atoms with Crippen molar-refractivity contribution in [2.45, 2.75) is 33.2 Å². The molecule has 0 aliphatic carbocycles. The van der Waals surface area contributed by atoms with E-state index in [4.69, 9.17) is 10.5 Å². The molecule has 0 aliphatic rings. The molecule has 0 amide bonds. The van der Waals surface area contributed by atoms with E-state index in [1.807, 2.05) is 13.8 Å². The van der Waals surface area contributed by atoms with Crippen LogP contribution in [0.2, 0.25) is 0 Å². The first-order valence-corrected chi connectivity index (χ1v) is 3.76. The predicted molar refractivity (Wildman–Crippen MR) is 43.0 cm³/mol. The summed E-state index contributed by atoms with van der Waals surface area (Å²) in [6.45, 7) is 7.38. The van der Waals surface area contributed by atoms with Crippen molar-refractivity contribution in [3.63, 3.8) is 0 Å². The Balaban J connectivity index is 3.71. The highest BCUT2D eigenvalue weighted by Crippen LogP contribution is 2.04. The Bertz CT molecular complexity index is 136. The van der Waals surface area contributed by atoms with Crippen molar-refractivity contribution in [2.24, 2.45) is 5.92 Å². The fraction of sp³-hybridized carbons (Fsp3) is 0.875. The van der Waals surface area contributed by atoms with E-state index >= 15 is 0 Å². The van der Waals surface area contributed by atoms with Crippen LogP contribution in [0.15, 0.2) is 0 Å². The number of ether oxygens (including phenoxy) is 1. The second-order valence-corrected chi connectivity index (χ2v) is 3.62. The molecule has 65 valence electrons. The van der Waals surface area contributed by atoms with Gasteiger partial charge in [0.2, 0.25) is 0 Å². The van der Waals surface area contributed by atoms with Gasteiger partial charge >= 0.3 is 5.97 Å². The van der Waals surface area contributed by atoms with E-state index in [9.17, 15) is 4.79 Å². The van der Waals surface area contributed by atoms with Crippen LogP contribution < -0.4 is 5.73 Å². The van der Waals surface area contributed by atoms with Gasteiger partial charge in [-0.3, -0.25) is 4.79 Å². The highest BCUT2D eigenvalue weighted by atomic mass is 16.5. The maximum Gasteiger partial charge on any atom is 0.327 e. The minimum absolute atomic E-state index is 0.335. The van der Waals surface area contributed by atoms with Gasteiger partial charge in [0.25, 0.3) is 0 Å². The molecule has 11 heavy (non-hydrogen) atoms. The van der Waals surface area contributed by atoms with Crippen LogP contribution in [-0.4, -0.2) is 18.1 Å². The summed E-state index contributed by atoms with van der Waals surface area (Å²) < 4.78 is 4.84. The monoisotopic (exact) mass is 158 g/mol. The number of hydrogen-bond donors (Lipinski definition) is 0. The van der Waals surface area contributed by atoms with E-state index in [1.165, 1.54) is 13.8 Å². The minimum atomic E-state index is -1.12. The average molecular weight is 158 g/mol. The van der Waals surface area contributed by atoms with Crippen molar-refractivity contribution in [1.29, 1.82) is 0 Å². The third kappa shape index (κ3) is 4.79. The van der Waals surface area contributed by atoms with Crippen LogP contribution in [0.1, 0.15) is 27.7 Å². The molecule has 3 nitrogen and oxygen atoms in total. The number of nitrogens with one attached hydrogen (secondary N) is 1. The highest BCUT2D eigenvalue weighted by Gasteiger charge is 2.24. The van der Waals surface area contributed by atoms with E-state index in [0.717, 1.165) is 0 Å². The highest BCUT2D eigenvalue weighted by molar-refractivity contribution is 5.79. The number of hydrogen-bond acceptors (Lipinski definition) is 2. The van der Waals surface area contributed by atoms with E-state index < -0.39 is 11.5 Å². The molecular formula is C8H16NO2. The molecule has 0 bridgehead atoms. The summed E-state index contributed by atoms with van der Waals surface area (Å²) in [6, 6.07) is 0. The lowest BCUT2D eigenvalue weighted by atomic mass is 10.1. The zero-order valence-corrected chi connectivity index (χ0v) is 7.60. The molecule has 0 spiro atoms. The zero-order valence-electron chi connectivity index (χ0n) is 7.60. The second-order valence-electron chi connectivity index (χ2n) is 3.62. The number of carbonyl (C=O) groups is 1. The predicted octanol–water partition coefficient (Wildman–Crippen LogP) is 1.25. The Morgan fingerprint density at radius 2 is 2.00 bits per heavy atom. The normalized spacial score (nSPS) is 11.8. The minimum Gasteiger partial charge on any atom is -0.464 e. The quantitative estimate of drug-likeness (QED) is 0.580. The summed E-state index contributed by atoms with van der Waals surface area (Å²) in [7, 11) is 0. The fourth-order valence-corrected chi connectivity index (χ4v) is 0.423. The Labute approximate surface area is 67.9 Å². The average Bonchev–Trinajstić information content (AvgIpc) is 1.80. The molecule has 1 N–H and O–H groups in total.